The van der Waals surface area contributed by atoms with Crippen molar-refractivity contribution in [1.29, 1.82) is 0 Å². The van der Waals surface area contributed by atoms with Crippen molar-refractivity contribution in [2.45, 2.75) is 81.0 Å². The monoisotopic (exact) mass is 770 g/mol. The molecule has 2 aromatic rings. The quantitative estimate of drug-likeness (QED) is 0.347. The normalized spacial score (nSPS) is 30.7. The smallest absolute Gasteiger partial charge is 0.343 e. The van der Waals surface area contributed by atoms with Crippen LogP contribution in [0.15, 0.2) is 48.6 Å². The first-order chi connectivity index (χ1) is 25.3. The van der Waals surface area contributed by atoms with Crippen molar-refractivity contribution in [3.05, 3.63) is 70.3 Å². The molecule has 5 aliphatic rings. The molecule has 2 bridgehead atoms. The number of aryl methyl sites for hydroxylation is 1. The van der Waals surface area contributed by atoms with Gasteiger partial charge in [0.05, 0.1) is 24.8 Å². The van der Waals surface area contributed by atoms with Crippen LogP contribution in [0.2, 0.25) is 5.02 Å². The van der Waals surface area contributed by atoms with E-state index in [0.29, 0.717) is 48.7 Å². The number of halogens is 1. The second-order valence-electron chi connectivity index (χ2n) is 15.6. The molecule has 3 N–H and O–H groups in total. The van der Waals surface area contributed by atoms with Gasteiger partial charge in [-0.2, -0.15) is 12.7 Å². The number of carbonyl (C=O) groups is 2. The van der Waals surface area contributed by atoms with Gasteiger partial charge in [-0.3, -0.25) is 4.79 Å². The number of anilines is 1. The molecule has 0 radical (unpaired) electrons. The van der Waals surface area contributed by atoms with Gasteiger partial charge < -0.3 is 29.1 Å². The van der Waals surface area contributed by atoms with Crippen molar-refractivity contribution in [2.24, 2.45) is 17.0 Å². The lowest BCUT2D eigenvalue weighted by molar-refractivity contribution is -0.177. The van der Waals surface area contributed by atoms with E-state index in [-0.39, 0.29) is 43.0 Å². The molecular weight excluding hydrogens is 720 g/mol. The molecule has 2 aliphatic carbocycles. The Morgan fingerprint density at radius 1 is 1.09 bits per heavy atom. The number of rotatable bonds is 4. The van der Waals surface area contributed by atoms with Crippen molar-refractivity contribution in [3.8, 4) is 5.75 Å². The number of hydrogen-bond donors (Lipinski definition) is 2. The van der Waals surface area contributed by atoms with Crippen LogP contribution in [0.25, 0.3) is 0 Å². The summed E-state index contributed by atoms with van der Waals surface area (Å²) in [6.45, 7) is 2.38. The zero-order valence-corrected chi connectivity index (χ0v) is 32.1. The van der Waals surface area contributed by atoms with Gasteiger partial charge in [0.1, 0.15) is 11.9 Å². The van der Waals surface area contributed by atoms with Gasteiger partial charge in [-0.05, 0) is 104 Å². The lowest BCUT2D eigenvalue weighted by atomic mass is 9.68. The van der Waals surface area contributed by atoms with Gasteiger partial charge in [0.25, 0.3) is 10.2 Å². The summed E-state index contributed by atoms with van der Waals surface area (Å²) in [6, 6.07) is 11.4. The molecular formula is C39H51ClN4O8S. The van der Waals surface area contributed by atoms with Gasteiger partial charge in [0, 0.05) is 57.3 Å². The van der Waals surface area contributed by atoms with Crippen LogP contribution in [-0.2, 0) is 46.7 Å². The Morgan fingerprint density at radius 2 is 1.89 bits per heavy atom. The Hall–Kier alpha value is -3.20. The maximum atomic E-state index is 14.2. The minimum Gasteiger partial charge on any atom is -0.490 e. The van der Waals surface area contributed by atoms with E-state index in [1.54, 1.807) is 32.4 Å². The average Bonchev–Trinajstić information content (AvgIpc) is 3.27. The van der Waals surface area contributed by atoms with E-state index in [4.69, 9.17) is 31.0 Å². The van der Waals surface area contributed by atoms with E-state index >= 15 is 0 Å². The summed E-state index contributed by atoms with van der Waals surface area (Å²) in [7, 11) is -0.470. The molecule has 288 valence electrons. The molecule has 5 atom stereocenters. The SMILES string of the molecule is CO[C@H]1/C=C/CCN(C)C(=O)C[C@](O)(C(=O)OC2CCN(S(N)(=O)=O)CC2)c2ccc3c(c2)N(C[C@@H]2CC[C@H]21)C[C@@]1(CCCc2cc(Cl)ccc21)CO3. The highest BCUT2D eigenvalue weighted by Gasteiger charge is 2.47. The van der Waals surface area contributed by atoms with Gasteiger partial charge in [-0.25, -0.2) is 9.93 Å². The first-order valence-corrected chi connectivity index (χ1v) is 20.6. The maximum Gasteiger partial charge on any atom is 0.343 e. The number of nitrogens with zero attached hydrogens (tertiary/aromatic N) is 3. The zero-order chi connectivity index (χ0) is 37.5. The number of methoxy groups -OCH3 is 1. The number of piperidine rings is 1. The number of fused-ring (bicyclic) bond motifs is 4. The van der Waals surface area contributed by atoms with Crippen molar-refractivity contribution in [3.63, 3.8) is 0 Å². The number of esters is 1. The highest BCUT2D eigenvalue weighted by Crippen LogP contribution is 2.48. The number of hydrogen-bond acceptors (Lipinski definition) is 9. The van der Waals surface area contributed by atoms with Gasteiger partial charge in [0.15, 0.2) is 5.60 Å². The summed E-state index contributed by atoms with van der Waals surface area (Å²) in [5.41, 5.74) is 0.799. The van der Waals surface area contributed by atoms with E-state index in [1.807, 2.05) is 12.1 Å². The van der Waals surface area contributed by atoms with Crippen LogP contribution in [-0.4, -0.2) is 100 Å². The maximum absolute atomic E-state index is 14.2. The lowest BCUT2D eigenvalue weighted by Crippen LogP contribution is -2.50. The molecule has 3 aliphatic heterocycles. The van der Waals surface area contributed by atoms with Crippen molar-refractivity contribution in [1.82, 2.24) is 9.21 Å². The van der Waals surface area contributed by atoms with Crippen molar-refractivity contribution >= 4 is 39.4 Å². The van der Waals surface area contributed by atoms with Gasteiger partial charge in [0.2, 0.25) is 5.91 Å². The molecule has 1 saturated carbocycles. The summed E-state index contributed by atoms with van der Waals surface area (Å²) in [5.74, 6) is -0.0989. The fraction of sp³-hybridized carbons (Fsp3) is 0.590. The predicted molar refractivity (Wildman–Crippen MR) is 201 cm³/mol. The molecule has 12 nitrogen and oxygen atoms in total. The third kappa shape index (κ3) is 7.70. The molecule has 1 spiro atoms. The topological polar surface area (TPSA) is 152 Å². The standard InChI is InChI=1S/C39H51ClN4O8S/c1-42-17-4-3-7-34(50-2)31-11-8-27(31)23-43-24-38(16-5-6-26-20-29(40)10-12-32(26)38)25-51-35-13-9-28(21-33(35)43)39(47,22-36(42)45)37(46)52-30-14-18-44(19-15-30)53(41,48)49/h3,7,9-10,12-13,20-21,27,30-31,34,47H,4-6,8,11,14-19,22-25H2,1-2H3,(H2,41,48,49)/b7-3+/t27-,31+,34-,38-,39+/m0/s1. The number of ether oxygens (including phenoxy) is 3. The first-order valence-electron chi connectivity index (χ1n) is 18.8. The molecule has 0 aromatic heterocycles. The van der Waals surface area contributed by atoms with E-state index in [0.717, 1.165) is 48.6 Å². The predicted octanol–water partition coefficient (Wildman–Crippen LogP) is 4.06. The minimum absolute atomic E-state index is 0.0557. The number of aliphatic hydroxyl groups is 1. The van der Waals surface area contributed by atoms with Gasteiger partial charge in [-0.15, -0.1) is 0 Å². The molecule has 1 amide bonds. The fourth-order valence-electron chi connectivity index (χ4n) is 9.03. The molecule has 14 heteroatoms. The summed E-state index contributed by atoms with van der Waals surface area (Å²) < 4.78 is 43.5. The third-order valence-electron chi connectivity index (χ3n) is 12.3. The zero-order valence-electron chi connectivity index (χ0n) is 30.5. The molecule has 3 heterocycles. The average molecular weight is 771 g/mol. The molecule has 0 unspecified atom stereocenters. The molecule has 7 rings (SSSR count). The van der Waals surface area contributed by atoms with Gasteiger partial charge >= 0.3 is 5.97 Å². The molecule has 1 saturated heterocycles. The Morgan fingerprint density at radius 3 is 2.60 bits per heavy atom. The second-order valence-corrected chi connectivity index (χ2v) is 17.6. The third-order valence-corrected chi connectivity index (χ3v) is 13.6. The van der Waals surface area contributed by atoms with Crippen LogP contribution in [0.3, 0.4) is 0 Å². The highest BCUT2D eigenvalue weighted by atomic mass is 35.5. The van der Waals surface area contributed by atoms with E-state index in [9.17, 15) is 23.1 Å². The fourth-order valence-corrected chi connectivity index (χ4v) is 9.94. The molecule has 53 heavy (non-hydrogen) atoms. The van der Waals surface area contributed by atoms with Crippen LogP contribution >= 0.6 is 11.6 Å². The number of benzene rings is 2. The highest BCUT2D eigenvalue weighted by molar-refractivity contribution is 7.86. The Bertz CT molecular complexity index is 1850. The van der Waals surface area contributed by atoms with E-state index < -0.39 is 40.2 Å². The lowest BCUT2D eigenvalue weighted by Gasteiger charge is -2.46. The van der Waals surface area contributed by atoms with Crippen molar-refractivity contribution < 1.29 is 37.3 Å². The first kappa shape index (κ1) is 38.1. The molecule has 2 aromatic carbocycles. The van der Waals surface area contributed by atoms with E-state index in [1.165, 1.54) is 16.0 Å². The van der Waals surface area contributed by atoms with Crippen LogP contribution in [0, 0.1) is 11.8 Å². The second kappa shape index (κ2) is 15.1. The number of carbonyl (C=O) groups excluding carboxylic acids is 2. The summed E-state index contributed by atoms with van der Waals surface area (Å²) in [6.07, 6.45) is 8.86. The van der Waals surface area contributed by atoms with Crippen molar-refractivity contribution in [2.75, 3.05) is 58.4 Å². The molecule has 2 fully saturated rings. The minimum atomic E-state index is -3.88. The summed E-state index contributed by atoms with van der Waals surface area (Å²) in [5, 5.41) is 18.5. The Kier molecular flexibility index (Phi) is 10.9. The van der Waals surface area contributed by atoms with Crippen LogP contribution in [0.1, 0.15) is 68.1 Å². The van der Waals surface area contributed by atoms with E-state index in [2.05, 4.69) is 23.1 Å². The Labute approximate surface area is 317 Å². The van der Waals surface area contributed by atoms with Crippen LogP contribution < -0.4 is 14.8 Å². The van der Waals surface area contributed by atoms with Gasteiger partial charge in [-0.1, -0.05) is 35.9 Å². The number of amides is 1. The van der Waals surface area contributed by atoms with Crippen LogP contribution in [0.4, 0.5) is 5.69 Å². The summed E-state index contributed by atoms with van der Waals surface area (Å²) >= 11 is 6.47. The largest absolute Gasteiger partial charge is 0.490 e. The number of nitrogens with two attached hydrogens (primary N) is 1. The van der Waals surface area contributed by atoms with Crippen LogP contribution in [0.5, 0.6) is 5.75 Å². The Balaban J connectivity index is 1.28. The summed E-state index contributed by atoms with van der Waals surface area (Å²) in [4.78, 5) is 31.8.